The molecule has 1 aliphatic carbocycles. The predicted octanol–water partition coefficient (Wildman–Crippen LogP) is 3.83. The summed E-state index contributed by atoms with van der Waals surface area (Å²) in [6.45, 7) is 1.84. The highest BCUT2D eigenvalue weighted by atomic mass is 16.5. The van der Waals surface area contributed by atoms with Gasteiger partial charge in [-0.2, -0.15) is 0 Å². The molecule has 1 unspecified atom stereocenters. The summed E-state index contributed by atoms with van der Waals surface area (Å²) in [4.78, 5) is 34.6. The molecule has 0 amide bonds. The Morgan fingerprint density at radius 1 is 1.04 bits per heavy atom. The molecule has 5 heteroatoms. The molecular formula is C23H22N2O3. The number of nitrogens with zero attached hydrogens (tertiary/aromatic N) is 2. The Bertz CT molecular complexity index is 964. The van der Waals surface area contributed by atoms with Crippen molar-refractivity contribution < 1.29 is 14.3 Å². The van der Waals surface area contributed by atoms with Crippen molar-refractivity contribution in [2.24, 2.45) is 10.9 Å². The zero-order valence-corrected chi connectivity index (χ0v) is 16.0. The number of rotatable bonds is 3. The minimum atomic E-state index is -0.594. The number of aliphatic imine (C=N–C) groups is 1. The zero-order chi connectivity index (χ0) is 19.7. The molecule has 142 valence electrons. The third kappa shape index (κ3) is 3.17. The van der Waals surface area contributed by atoms with Gasteiger partial charge in [0.2, 0.25) is 0 Å². The molecule has 1 aromatic heterocycles. The Balaban J connectivity index is 1.81. The maximum atomic E-state index is 13.3. The molecule has 2 aliphatic rings. The molecular weight excluding hydrogens is 352 g/mol. The lowest BCUT2D eigenvalue weighted by atomic mass is 9.69. The van der Waals surface area contributed by atoms with Crippen molar-refractivity contribution in [3.05, 3.63) is 77.3 Å². The first kappa shape index (κ1) is 18.3. The van der Waals surface area contributed by atoms with Crippen LogP contribution in [0.4, 0.5) is 0 Å². The summed E-state index contributed by atoms with van der Waals surface area (Å²) in [6.07, 6.45) is 4.49. The number of benzene rings is 1. The van der Waals surface area contributed by atoms with Crippen LogP contribution < -0.4 is 0 Å². The molecule has 0 fully saturated rings. The number of pyridine rings is 1. The van der Waals surface area contributed by atoms with E-state index < -0.39 is 5.92 Å². The van der Waals surface area contributed by atoms with Gasteiger partial charge >= 0.3 is 5.97 Å². The van der Waals surface area contributed by atoms with Crippen LogP contribution in [0.3, 0.4) is 0 Å². The Labute approximate surface area is 164 Å². The first-order valence-corrected chi connectivity index (χ1v) is 9.44. The Kier molecular flexibility index (Phi) is 4.90. The molecule has 5 nitrogen and oxygen atoms in total. The van der Waals surface area contributed by atoms with E-state index in [0.717, 1.165) is 16.8 Å². The zero-order valence-electron chi connectivity index (χ0n) is 16.0. The largest absolute Gasteiger partial charge is 0.468 e. The summed E-state index contributed by atoms with van der Waals surface area (Å²) in [5.41, 5.74) is 4.17. The van der Waals surface area contributed by atoms with Crippen molar-refractivity contribution in [3.63, 3.8) is 0 Å². The fourth-order valence-electron chi connectivity index (χ4n) is 4.38. The Hall–Kier alpha value is -3.08. The highest BCUT2D eigenvalue weighted by Gasteiger charge is 2.44. The van der Waals surface area contributed by atoms with Gasteiger partial charge in [-0.15, -0.1) is 0 Å². The van der Waals surface area contributed by atoms with Crippen LogP contribution in [0.5, 0.6) is 0 Å². The number of aromatic nitrogens is 1. The van der Waals surface area contributed by atoms with Crippen molar-refractivity contribution >= 4 is 17.5 Å². The number of hydrogen-bond donors (Lipinski definition) is 0. The van der Waals surface area contributed by atoms with E-state index in [0.29, 0.717) is 24.1 Å². The van der Waals surface area contributed by atoms with Gasteiger partial charge < -0.3 is 4.74 Å². The molecule has 4 rings (SSSR count). The number of methoxy groups -OCH3 is 1. The van der Waals surface area contributed by atoms with Crippen LogP contribution in [0.25, 0.3) is 0 Å². The minimum absolute atomic E-state index is 0.0575. The number of carbonyl (C=O) groups is 2. The standard InChI is InChI=1S/C23H22N2O3/c1-14-20(23(27)28-2)21(16-8-10-24-11-9-16)22-18(25-14)12-17(13-19(22)26)15-6-4-3-5-7-15/h3-11,17,20-21H,12-13H2,1-2H3/t17-,20?,21-/m1/s1. The summed E-state index contributed by atoms with van der Waals surface area (Å²) in [7, 11) is 1.37. The lowest BCUT2D eigenvalue weighted by Gasteiger charge is -2.36. The molecule has 1 aliphatic heterocycles. The topological polar surface area (TPSA) is 68.6 Å². The summed E-state index contributed by atoms with van der Waals surface area (Å²) >= 11 is 0. The lowest BCUT2D eigenvalue weighted by Crippen LogP contribution is -2.37. The van der Waals surface area contributed by atoms with Gasteiger partial charge in [0.1, 0.15) is 5.92 Å². The van der Waals surface area contributed by atoms with E-state index in [2.05, 4.69) is 17.1 Å². The molecule has 0 N–H and O–H groups in total. The number of esters is 1. The second kappa shape index (κ2) is 7.50. The highest BCUT2D eigenvalue weighted by Crippen LogP contribution is 2.46. The average molecular weight is 374 g/mol. The van der Waals surface area contributed by atoms with Gasteiger partial charge in [0, 0.05) is 41.7 Å². The second-order valence-electron chi connectivity index (χ2n) is 7.31. The van der Waals surface area contributed by atoms with Gasteiger partial charge in [0.15, 0.2) is 5.78 Å². The van der Waals surface area contributed by atoms with Crippen molar-refractivity contribution in [2.75, 3.05) is 7.11 Å². The first-order chi connectivity index (χ1) is 13.6. The normalized spacial score (nSPS) is 24.4. The number of hydrogen-bond acceptors (Lipinski definition) is 5. The van der Waals surface area contributed by atoms with E-state index in [1.54, 1.807) is 12.4 Å². The quantitative estimate of drug-likeness (QED) is 0.766. The maximum Gasteiger partial charge on any atom is 0.315 e. The van der Waals surface area contributed by atoms with Gasteiger partial charge in [0.05, 0.1) is 7.11 Å². The molecule has 3 atom stereocenters. The van der Waals surface area contributed by atoms with Crippen LogP contribution in [-0.4, -0.2) is 29.6 Å². The summed E-state index contributed by atoms with van der Waals surface area (Å²) < 4.78 is 5.05. The third-order valence-corrected chi connectivity index (χ3v) is 5.68. The molecule has 2 aromatic rings. The Morgan fingerprint density at radius 2 is 1.75 bits per heavy atom. The average Bonchev–Trinajstić information content (AvgIpc) is 2.73. The van der Waals surface area contributed by atoms with Gasteiger partial charge in [-0.3, -0.25) is 19.6 Å². The van der Waals surface area contributed by atoms with E-state index in [1.165, 1.54) is 7.11 Å². The van der Waals surface area contributed by atoms with E-state index in [-0.39, 0.29) is 23.6 Å². The van der Waals surface area contributed by atoms with Gasteiger partial charge in [0.25, 0.3) is 0 Å². The van der Waals surface area contributed by atoms with Crippen LogP contribution >= 0.6 is 0 Å². The fraction of sp³-hybridized carbons (Fsp3) is 0.304. The Morgan fingerprint density at radius 3 is 2.43 bits per heavy atom. The van der Waals surface area contributed by atoms with E-state index in [4.69, 9.17) is 9.73 Å². The smallest absolute Gasteiger partial charge is 0.315 e. The van der Waals surface area contributed by atoms with E-state index in [9.17, 15) is 9.59 Å². The predicted molar refractivity (Wildman–Crippen MR) is 106 cm³/mol. The minimum Gasteiger partial charge on any atom is -0.468 e. The van der Waals surface area contributed by atoms with Crippen LogP contribution in [0, 0.1) is 5.92 Å². The number of carbonyl (C=O) groups excluding carboxylic acids is 2. The second-order valence-corrected chi connectivity index (χ2v) is 7.31. The van der Waals surface area contributed by atoms with Crippen molar-refractivity contribution in [1.82, 2.24) is 4.98 Å². The molecule has 2 heterocycles. The van der Waals surface area contributed by atoms with Gasteiger partial charge in [-0.05, 0) is 42.5 Å². The van der Waals surface area contributed by atoms with Crippen LogP contribution in [0.2, 0.25) is 0 Å². The highest BCUT2D eigenvalue weighted by molar-refractivity contribution is 6.09. The third-order valence-electron chi connectivity index (χ3n) is 5.68. The number of Topliss-reactive ketones (excluding diaryl/α,β-unsaturated/α-hetero) is 1. The summed E-state index contributed by atoms with van der Waals surface area (Å²) in [5.74, 6) is -1.18. The van der Waals surface area contributed by atoms with E-state index >= 15 is 0 Å². The van der Waals surface area contributed by atoms with Crippen LogP contribution in [0.15, 0.2) is 71.1 Å². The van der Waals surface area contributed by atoms with Crippen molar-refractivity contribution in [3.8, 4) is 0 Å². The SMILES string of the molecule is COC(=O)C1C(C)=NC2=C(C(=O)C[C@H](c3ccccc3)C2)[C@@H]1c1ccncc1. The molecule has 0 saturated heterocycles. The molecule has 0 saturated carbocycles. The first-order valence-electron chi connectivity index (χ1n) is 9.44. The lowest BCUT2D eigenvalue weighted by molar-refractivity contribution is -0.143. The van der Waals surface area contributed by atoms with Crippen LogP contribution in [-0.2, 0) is 14.3 Å². The van der Waals surface area contributed by atoms with Crippen molar-refractivity contribution in [2.45, 2.75) is 31.6 Å². The van der Waals surface area contributed by atoms with Gasteiger partial charge in [-0.1, -0.05) is 30.3 Å². The monoisotopic (exact) mass is 374 g/mol. The van der Waals surface area contributed by atoms with Crippen molar-refractivity contribution in [1.29, 1.82) is 0 Å². The molecule has 0 radical (unpaired) electrons. The summed E-state index contributed by atoms with van der Waals surface area (Å²) in [5, 5.41) is 0. The molecule has 0 spiro atoms. The molecule has 1 aromatic carbocycles. The van der Waals surface area contributed by atoms with Crippen LogP contribution in [0.1, 0.15) is 42.7 Å². The fourth-order valence-corrected chi connectivity index (χ4v) is 4.38. The number of ketones is 1. The van der Waals surface area contributed by atoms with Gasteiger partial charge in [-0.25, -0.2) is 0 Å². The maximum absolute atomic E-state index is 13.3. The number of ether oxygens (including phenoxy) is 1. The van der Waals surface area contributed by atoms with E-state index in [1.807, 2.05) is 37.3 Å². The number of allylic oxidation sites excluding steroid dienone is 2. The summed E-state index contributed by atoms with van der Waals surface area (Å²) in [6, 6.07) is 13.8. The molecule has 28 heavy (non-hydrogen) atoms. The molecule has 0 bridgehead atoms.